The molecule has 3 fully saturated rings. The summed E-state index contributed by atoms with van der Waals surface area (Å²) < 4.78 is 13.1. The summed E-state index contributed by atoms with van der Waals surface area (Å²) in [5.41, 5.74) is 0.626. The lowest BCUT2D eigenvalue weighted by molar-refractivity contribution is -0.131. The molecule has 0 N–H and O–H groups in total. The maximum absolute atomic E-state index is 13.1. The number of carbonyl (C=O) groups is 2. The zero-order chi connectivity index (χ0) is 16.0. The molecule has 0 bridgehead atoms. The number of nitrogens with zero attached hydrogens (tertiary/aromatic N) is 2. The second-order valence-electron chi connectivity index (χ2n) is 7.35. The van der Waals surface area contributed by atoms with Gasteiger partial charge in [-0.25, -0.2) is 4.39 Å². The first-order valence-corrected chi connectivity index (χ1v) is 8.38. The minimum Gasteiger partial charge on any atom is -0.342 e. The van der Waals surface area contributed by atoms with E-state index in [4.69, 9.17) is 0 Å². The highest BCUT2D eigenvalue weighted by atomic mass is 19.1. The Morgan fingerprint density at radius 3 is 2.65 bits per heavy atom. The van der Waals surface area contributed by atoms with Gasteiger partial charge in [0.05, 0.1) is 0 Å². The summed E-state index contributed by atoms with van der Waals surface area (Å²) in [6, 6.07) is 6.07. The zero-order valence-corrected chi connectivity index (χ0v) is 13.1. The normalized spacial score (nSPS) is 27.3. The van der Waals surface area contributed by atoms with Gasteiger partial charge in [-0.15, -0.1) is 0 Å². The van der Waals surface area contributed by atoms with E-state index in [1.54, 1.807) is 17.0 Å². The maximum Gasteiger partial charge on any atom is 0.227 e. The average Bonchev–Trinajstić information content (AvgIpc) is 3.15. The molecule has 23 heavy (non-hydrogen) atoms. The van der Waals surface area contributed by atoms with E-state index in [0.29, 0.717) is 31.8 Å². The SMILES string of the molecule is O=C(CC1CC1)N1CC[C@@]2(CC(=O)N(c3ccc(F)cc3)C2)C1. The van der Waals surface area contributed by atoms with Crippen molar-refractivity contribution in [3.63, 3.8) is 0 Å². The summed E-state index contributed by atoms with van der Waals surface area (Å²) in [6.07, 6.45) is 4.40. The van der Waals surface area contributed by atoms with Crippen LogP contribution in [0.3, 0.4) is 0 Å². The maximum atomic E-state index is 13.1. The summed E-state index contributed by atoms with van der Waals surface area (Å²) in [6.45, 7) is 2.07. The summed E-state index contributed by atoms with van der Waals surface area (Å²) in [4.78, 5) is 28.4. The summed E-state index contributed by atoms with van der Waals surface area (Å²) in [5.74, 6) is 0.623. The predicted octanol–water partition coefficient (Wildman–Crippen LogP) is 2.58. The molecule has 5 heteroatoms. The van der Waals surface area contributed by atoms with Crippen molar-refractivity contribution in [3.8, 4) is 0 Å². The fourth-order valence-corrected chi connectivity index (χ4v) is 3.87. The van der Waals surface area contributed by atoms with Gasteiger partial charge in [0, 0.05) is 43.6 Å². The van der Waals surface area contributed by atoms with E-state index in [0.717, 1.165) is 18.7 Å². The van der Waals surface area contributed by atoms with Crippen LogP contribution in [0.15, 0.2) is 24.3 Å². The average molecular weight is 316 g/mol. The highest BCUT2D eigenvalue weighted by molar-refractivity contribution is 5.96. The third kappa shape index (κ3) is 2.84. The first-order chi connectivity index (χ1) is 11.0. The van der Waals surface area contributed by atoms with Gasteiger partial charge in [-0.1, -0.05) is 0 Å². The second kappa shape index (κ2) is 5.32. The van der Waals surface area contributed by atoms with Gasteiger partial charge < -0.3 is 9.80 Å². The van der Waals surface area contributed by atoms with E-state index in [1.807, 2.05) is 4.90 Å². The molecule has 0 unspecified atom stereocenters. The van der Waals surface area contributed by atoms with Crippen LogP contribution in [0.25, 0.3) is 0 Å². The van der Waals surface area contributed by atoms with Crippen LogP contribution >= 0.6 is 0 Å². The van der Waals surface area contributed by atoms with Crippen LogP contribution < -0.4 is 4.90 Å². The van der Waals surface area contributed by atoms with Crippen molar-refractivity contribution in [2.24, 2.45) is 11.3 Å². The number of hydrogen-bond donors (Lipinski definition) is 0. The molecule has 4 rings (SSSR count). The van der Waals surface area contributed by atoms with E-state index in [9.17, 15) is 14.0 Å². The Bertz CT molecular complexity index is 641. The van der Waals surface area contributed by atoms with Crippen molar-refractivity contribution in [1.82, 2.24) is 4.90 Å². The molecule has 0 aromatic heterocycles. The van der Waals surface area contributed by atoms with Gasteiger partial charge in [0.15, 0.2) is 0 Å². The van der Waals surface area contributed by atoms with Gasteiger partial charge in [-0.2, -0.15) is 0 Å². The summed E-state index contributed by atoms with van der Waals surface area (Å²) in [7, 11) is 0. The largest absolute Gasteiger partial charge is 0.342 e. The molecule has 1 aromatic rings. The van der Waals surface area contributed by atoms with Gasteiger partial charge in [-0.3, -0.25) is 9.59 Å². The number of likely N-dealkylation sites (tertiary alicyclic amines) is 1. The quantitative estimate of drug-likeness (QED) is 0.860. The Morgan fingerprint density at radius 1 is 1.22 bits per heavy atom. The highest BCUT2D eigenvalue weighted by Gasteiger charge is 2.49. The number of anilines is 1. The van der Waals surface area contributed by atoms with Crippen LogP contribution in [-0.2, 0) is 9.59 Å². The number of rotatable bonds is 3. The molecule has 1 aromatic carbocycles. The third-order valence-electron chi connectivity index (χ3n) is 5.41. The number of carbonyl (C=O) groups excluding carboxylic acids is 2. The number of halogens is 1. The molecule has 2 aliphatic heterocycles. The molecule has 2 heterocycles. The summed E-state index contributed by atoms with van der Waals surface area (Å²) >= 11 is 0. The van der Waals surface area contributed by atoms with E-state index in [-0.39, 0.29) is 23.0 Å². The van der Waals surface area contributed by atoms with E-state index >= 15 is 0 Å². The van der Waals surface area contributed by atoms with E-state index in [1.165, 1.54) is 25.0 Å². The summed E-state index contributed by atoms with van der Waals surface area (Å²) in [5, 5.41) is 0. The molecular weight excluding hydrogens is 295 g/mol. The van der Waals surface area contributed by atoms with Crippen molar-refractivity contribution < 1.29 is 14.0 Å². The minimum atomic E-state index is -0.298. The number of hydrogen-bond acceptors (Lipinski definition) is 2. The van der Waals surface area contributed by atoms with Crippen molar-refractivity contribution in [2.75, 3.05) is 24.5 Å². The minimum absolute atomic E-state index is 0.0769. The van der Waals surface area contributed by atoms with Gasteiger partial charge in [0.25, 0.3) is 0 Å². The van der Waals surface area contributed by atoms with Gasteiger partial charge in [0.2, 0.25) is 11.8 Å². The molecule has 1 aliphatic carbocycles. The fourth-order valence-electron chi connectivity index (χ4n) is 3.87. The van der Waals surface area contributed by atoms with E-state index < -0.39 is 0 Å². The fraction of sp³-hybridized carbons (Fsp3) is 0.556. The van der Waals surface area contributed by atoms with Gasteiger partial charge in [0.1, 0.15) is 5.82 Å². The highest BCUT2D eigenvalue weighted by Crippen LogP contribution is 2.42. The Hall–Kier alpha value is -1.91. The van der Waals surface area contributed by atoms with Crippen LogP contribution in [0, 0.1) is 17.2 Å². The van der Waals surface area contributed by atoms with Gasteiger partial charge >= 0.3 is 0 Å². The molecule has 1 atom stereocenters. The molecule has 3 aliphatic rings. The Morgan fingerprint density at radius 2 is 1.96 bits per heavy atom. The van der Waals surface area contributed by atoms with Crippen LogP contribution in [0.1, 0.15) is 32.1 Å². The Labute approximate surface area is 135 Å². The van der Waals surface area contributed by atoms with Crippen LogP contribution in [0.4, 0.5) is 10.1 Å². The Kier molecular flexibility index (Phi) is 3.39. The van der Waals surface area contributed by atoms with E-state index in [2.05, 4.69) is 0 Å². The van der Waals surface area contributed by atoms with Crippen LogP contribution in [-0.4, -0.2) is 36.3 Å². The standard InChI is InChI=1S/C18H21FN2O2/c19-14-3-5-15(6-4-14)21-12-18(10-17(21)23)7-8-20(11-18)16(22)9-13-1-2-13/h3-6,13H,1-2,7-12H2/t18-/m1/s1. The lowest BCUT2D eigenvalue weighted by Gasteiger charge is -2.24. The molecule has 122 valence electrons. The lowest BCUT2D eigenvalue weighted by Crippen LogP contribution is -2.34. The second-order valence-corrected chi connectivity index (χ2v) is 7.35. The van der Waals surface area contributed by atoms with Crippen LogP contribution in [0.2, 0.25) is 0 Å². The molecule has 0 radical (unpaired) electrons. The van der Waals surface area contributed by atoms with Crippen LogP contribution in [0.5, 0.6) is 0 Å². The molecule has 2 saturated heterocycles. The molecule has 1 saturated carbocycles. The lowest BCUT2D eigenvalue weighted by atomic mass is 9.86. The van der Waals surface area contributed by atoms with Crippen molar-refractivity contribution in [2.45, 2.75) is 32.1 Å². The zero-order valence-electron chi connectivity index (χ0n) is 13.1. The van der Waals surface area contributed by atoms with Gasteiger partial charge in [-0.05, 0) is 49.4 Å². The molecule has 2 amide bonds. The number of benzene rings is 1. The monoisotopic (exact) mass is 316 g/mol. The van der Waals surface area contributed by atoms with Crippen molar-refractivity contribution in [1.29, 1.82) is 0 Å². The smallest absolute Gasteiger partial charge is 0.227 e. The molecule has 4 nitrogen and oxygen atoms in total. The number of amides is 2. The first kappa shape index (κ1) is 14.7. The third-order valence-corrected chi connectivity index (χ3v) is 5.41. The molecule has 1 spiro atoms. The first-order valence-electron chi connectivity index (χ1n) is 8.38. The Balaban J connectivity index is 1.45. The van der Waals surface area contributed by atoms with Crippen molar-refractivity contribution >= 4 is 17.5 Å². The molecular formula is C18H21FN2O2. The van der Waals surface area contributed by atoms with Crippen molar-refractivity contribution in [3.05, 3.63) is 30.1 Å². The predicted molar refractivity (Wildman–Crippen MR) is 84.3 cm³/mol. The topological polar surface area (TPSA) is 40.6 Å².